The molecule has 0 spiro atoms. The van der Waals surface area contributed by atoms with E-state index in [4.69, 9.17) is 16.3 Å². The van der Waals surface area contributed by atoms with Crippen LogP contribution in [0.3, 0.4) is 0 Å². The lowest BCUT2D eigenvalue weighted by Crippen LogP contribution is -2.47. The summed E-state index contributed by atoms with van der Waals surface area (Å²) in [6.45, 7) is 1.05. The standard InChI is InChI=1S/C13H18ClN5O6/c1-7-5-18(12(22)16-11(7)21)10-4-8(9(6-20)25-10)15-13(23)19(17-24)3-2-14/h5,8-10,20H,2-4,6H2,1H3,(H,15,23)(H,16,21,22)/t8?,9-,10-/m1/s1. The number of carbonyl (C=O) groups is 1. The second-order valence-electron chi connectivity index (χ2n) is 5.48. The number of ether oxygens (including phenoxy) is 1. The maximum Gasteiger partial charge on any atom is 0.340 e. The average Bonchev–Trinajstić information content (AvgIpc) is 2.98. The predicted molar refractivity (Wildman–Crippen MR) is 87.2 cm³/mol. The number of urea groups is 1. The van der Waals surface area contributed by atoms with Crippen LogP contribution in [0.4, 0.5) is 4.79 Å². The fourth-order valence-corrected chi connectivity index (χ4v) is 2.68. The first kappa shape index (κ1) is 19.1. The number of nitrogens with zero attached hydrogens (tertiary/aromatic N) is 3. The lowest BCUT2D eigenvalue weighted by atomic mass is 10.1. The molecule has 0 radical (unpaired) electrons. The van der Waals surface area contributed by atoms with Crippen LogP contribution in [0.15, 0.2) is 21.1 Å². The Bertz CT molecular complexity index is 749. The van der Waals surface area contributed by atoms with Gasteiger partial charge in [-0.1, -0.05) is 0 Å². The molecule has 1 aliphatic heterocycles. The van der Waals surface area contributed by atoms with Gasteiger partial charge in [0.1, 0.15) is 12.3 Å². The molecule has 1 fully saturated rings. The van der Waals surface area contributed by atoms with Crippen molar-refractivity contribution in [2.45, 2.75) is 31.7 Å². The Morgan fingerprint density at radius 2 is 2.32 bits per heavy atom. The van der Waals surface area contributed by atoms with Crippen LogP contribution in [0.5, 0.6) is 0 Å². The zero-order chi connectivity index (χ0) is 18.6. The minimum Gasteiger partial charge on any atom is -0.394 e. The number of aryl methyl sites for hydroxylation is 1. The van der Waals surface area contributed by atoms with E-state index in [1.165, 1.54) is 17.7 Å². The van der Waals surface area contributed by atoms with E-state index in [9.17, 15) is 24.4 Å². The number of alkyl halides is 1. The number of nitroso groups, excluding NO2 is 1. The summed E-state index contributed by atoms with van der Waals surface area (Å²) in [6.07, 6.45) is -0.0959. The number of halogens is 1. The summed E-state index contributed by atoms with van der Waals surface area (Å²) in [5.41, 5.74) is -0.853. The molecule has 0 bridgehead atoms. The molecule has 0 aliphatic carbocycles. The van der Waals surface area contributed by atoms with Crippen molar-refractivity contribution in [2.75, 3.05) is 19.0 Å². The Hall–Kier alpha value is -2.24. The number of H-pyrrole nitrogens is 1. The van der Waals surface area contributed by atoms with Crippen molar-refractivity contribution in [3.05, 3.63) is 37.5 Å². The Morgan fingerprint density at radius 1 is 1.60 bits per heavy atom. The topological polar surface area (TPSA) is 146 Å². The number of amides is 2. The molecule has 0 saturated carbocycles. The van der Waals surface area contributed by atoms with Gasteiger partial charge in [0.15, 0.2) is 0 Å². The number of aromatic amines is 1. The van der Waals surface area contributed by atoms with E-state index in [1.54, 1.807) is 0 Å². The van der Waals surface area contributed by atoms with E-state index < -0.39 is 42.3 Å². The molecule has 1 aromatic rings. The third-order valence-corrected chi connectivity index (χ3v) is 3.98. The molecule has 138 valence electrons. The van der Waals surface area contributed by atoms with Crippen LogP contribution < -0.4 is 16.6 Å². The van der Waals surface area contributed by atoms with E-state index in [0.717, 1.165) is 0 Å². The highest BCUT2D eigenvalue weighted by Crippen LogP contribution is 2.27. The minimum atomic E-state index is -0.795. The molecule has 0 aromatic carbocycles. The molecule has 3 atom stereocenters. The van der Waals surface area contributed by atoms with Gasteiger partial charge in [-0.3, -0.25) is 14.3 Å². The van der Waals surface area contributed by atoms with Crippen molar-refractivity contribution >= 4 is 17.6 Å². The summed E-state index contributed by atoms with van der Waals surface area (Å²) < 4.78 is 6.76. The van der Waals surface area contributed by atoms with Gasteiger partial charge >= 0.3 is 11.7 Å². The lowest BCUT2D eigenvalue weighted by Gasteiger charge is -2.20. The Morgan fingerprint density at radius 3 is 2.92 bits per heavy atom. The van der Waals surface area contributed by atoms with Crippen molar-refractivity contribution in [3.63, 3.8) is 0 Å². The van der Waals surface area contributed by atoms with Crippen molar-refractivity contribution in [2.24, 2.45) is 5.29 Å². The Labute approximate surface area is 146 Å². The first-order chi connectivity index (χ1) is 11.9. The number of carbonyl (C=O) groups excluding carboxylic acids is 1. The first-order valence-corrected chi connectivity index (χ1v) is 8.00. The molecular formula is C13H18ClN5O6. The second-order valence-corrected chi connectivity index (χ2v) is 5.85. The van der Waals surface area contributed by atoms with Gasteiger partial charge in [0.2, 0.25) is 0 Å². The first-order valence-electron chi connectivity index (χ1n) is 7.47. The zero-order valence-electron chi connectivity index (χ0n) is 13.3. The van der Waals surface area contributed by atoms with E-state index in [1.807, 2.05) is 0 Å². The van der Waals surface area contributed by atoms with Gasteiger partial charge < -0.3 is 15.2 Å². The average molecular weight is 376 g/mol. The summed E-state index contributed by atoms with van der Waals surface area (Å²) in [7, 11) is 0. The van der Waals surface area contributed by atoms with E-state index >= 15 is 0 Å². The molecular weight excluding hydrogens is 358 g/mol. The maximum atomic E-state index is 12.0. The monoisotopic (exact) mass is 375 g/mol. The van der Waals surface area contributed by atoms with Crippen molar-refractivity contribution in [3.8, 4) is 0 Å². The van der Waals surface area contributed by atoms with Crippen LogP contribution in [0, 0.1) is 11.8 Å². The highest BCUT2D eigenvalue weighted by Gasteiger charge is 2.38. The van der Waals surface area contributed by atoms with E-state index in [-0.39, 0.29) is 18.8 Å². The number of hydrogen-bond donors (Lipinski definition) is 3. The maximum absolute atomic E-state index is 12.0. The molecule has 11 nitrogen and oxygen atoms in total. The quantitative estimate of drug-likeness (QED) is 0.344. The van der Waals surface area contributed by atoms with Crippen molar-refractivity contribution in [1.29, 1.82) is 0 Å². The number of aromatic nitrogens is 2. The Balaban J connectivity index is 2.16. The molecule has 3 N–H and O–H groups in total. The lowest BCUT2D eigenvalue weighted by molar-refractivity contribution is -0.0287. The second kappa shape index (κ2) is 8.23. The third-order valence-electron chi connectivity index (χ3n) is 3.81. The number of rotatable bonds is 6. The molecule has 2 rings (SSSR count). The molecule has 1 aliphatic rings. The van der Waals surface area contributed by atoms with Gasteiger partial charge in [-0.05, 0) is 6.92 Å². The van der Waals surface area contributed by atoms with Crippen molar-refractivity contribution < 1.29 is 14.6 Å². The molecule has 1 unspecified atom stereocenters. The molecule has 25 heavy (non-hydrogen) atoms. The van der Waals surface area contributed by atoms with Crippen LogP contribution in [0.25, 0.3) is 0 Å². The van der Waals surface area contributed by atoms with Gasteiger partial charge in [0.25, 0.3) is 5.56 Å². The van der Waals surface area contributed by atoms with Gasteiger partial charge in [-0.2, -0.15) is 5.01 Å². The normalized spacial score (nSPS) is 22.6. The summed E-state index contributed by atoms with van der Waals surface area (Å²) in [5.74, 6) is 0.0262. The number of hydrogen-bond acceptors (Lipinski definition) is 7. The van der Waals surface area contributed by atoms with Crippen molar-refractivity contribution in [1.82, 2.24) is 19.9 Å². The molecule has 2 amide bonds. The summed E-state index contributed by atoms with van der Waals surface area (Å²) >= 11 is 5.49. The van der Waals surface area contributed by atoms with Crippen LogP contribution in [-0.2, 0) is 4.74 Å². The predicted octanol–water partition coefficient (Wildman–Crippen LogP) is -0.575. The van der Waals surface area contributed by atoms with Crippen LogP contribution in [0.2, 0.25) is 0 Å². The summed E-state index contributed by atoms with van der Waals surface area (Å²) in [5, 5.41) is 15.2. The highest BCUT2D eigenvalue weighted by molar-refractivity contribution is 6.18. The zero-order valence-corrected chi connectivity index (χ0v) is 14.1. The van der Waals surface area contributed by atoms with Gasteiger partial charge in [-0.25, -0.2) is 9.59 Å². The SMILES string of the molecule is Cc1cn([C@H]2CC(NC(=O)N(CCCl)N=O)[C@@H](CO)O2)c(=O)[nH]c1=O. The van der Waals surface area contributed by atoms with Crippen LogP contribution in [0.1, 0.15) is 18.2 Å². The van der Waals surface area contributed by atoms with E-state index in [2.05, 4.69) is 15.6 Å². The smallest absolute Gasteiger partial charge is 0.340 e. The minimum absolute atomic E-state index is 0.0262. The molecule has 2 heterocycles. The van der Waals surface area contributed by atoms with E-state index in [0.29, 0.717) is 10.6 Å². The largest absolute Gasteiger partial charge is 0.394 e. The molecule has 1 aromatic heterocycles. The third kappa shape index (κ3) is 4.24. The molecule has 12 heteroatoms. The van der Waals surface area contributed by atoms with Crippen LogP contribution >= 0.6 is 11.6 Å². The van der Waals surface area contributed by atoms with Gasteiger partial charge in [-0.15, -0.1) is 16.5 Å². The summed E-state index contributed by atoms with van der Waals surface area (Å²) in [4.78, 5) is 48.2. The number of aliphatic hydroxyl groups is 1. The fraction of sp³-hybridized carbons (Fsp3) is 0.615. The number of aliphatic hydroxyl groups excluding tert-OH is 1. The highest BCUT2D eigenvalue weighted by atomic mass is 35.5. The van der Waals surface area contributed by atoms with Crippen LogP contribution in [-0.4, -0.2) is 56.9 Å². The fourth-order valence-electron chi connectivity index (χ4n) is 2.52. The summed E-state index contributed by atoms with van der Waals surface area (Å²) in [6, 6.07) is -1.45. The number of nitrogens with one attached hydrogen (secondary N) is 2. The van der Waals surface area contributed by atoms with Gasteiger partial charge in [0, 0.05) is 24.1 Å². The Kier molecular flexibility index (Phi) is 6.28. The van der Waals surface area contributed by atoms with Gasteiger partial charge in [0.05, 0.1) is 24.5 Å². The molecule has 1 saturated heterocycles.